The normalized spacial score (nSPS) is 22.8. The van der Waals surface area contributed by atoms with Gasteiger partial charge in [0, 0.05) is 32.0 Å². The first-order chi connectivity index (χ1) is 10.7. The van der Waals surface area contributed by atoms with E-state index in [1.54, 1.807) is 4.90 Å². The number of rotatable bonds is 8. The molecule has 2 fully saturated rings. The van der Waals surface area contributed by atoms with Crippen LogP contribution >= 0.6 is 0 Å². The van der Waals surface area contributed by atoms with Gasteiger partial charge in [-0.05, 0) is 26.7 Å². The molecule has 5 heteroatoms. The van der Waals surface area contributed by atoms with Gasteiger partial charge in [0.05, 0.1) is 25.6 Å². The maximum absolute atomic E-state index is 12.2. The van der Waals surface area contributed by atoms with Crippen LogP contribution in [-0.2, 0) is 9.59 Å². The van der Waals surface area contributed by atoms with Crippen LogP contribution in [-0.4, -0.2) is 55.5 Å². The Hall–Kier alpha value is -1.10. The summed E-state index contributed by atoms with van der Waals surface area (Å²) in [6.45, 7) is 9.13. The van der Waals surface area contributed by atoms with Gasteiger partial charge in [0.1, 0.15) is 0 Å². The molecular weight excluding hydrogens is 278 g/mol. The third-order valence-electron chi connectivity index (χ3n) is 5.30. The Morgan fingerprint density at radius 2 is 1.95 bits per heavy atom. The quantitative estimate of drug-likeness (QED) is 0.630. The number of carbonyl (C=O) groups is 2. The summed E-state index contributed by atoms with van der Waals surface area (Å²) in [4.78, 5) is 27.9. The smallest absolute Gasteiger partial charge is 0.225 e. The van der Waals surface area contributed by atoms with Crippen LogP contribution in [0.3, 0.4) is 0 Å². The van der Waals surface area contributed by atoms with Gasteiger partial charge in [-0.25, -0.2) is 0 Å². The molecule has 1 heterocycles. The number of hydrogen-bond acceptors (Lipinski definition) is 2. The minimum absolute atomic E-state index is 0.0726. The molecule has 0 aromatic rings. The SMILES string of the molecule is CC[NH+](CC)CCCNC(=O)[C@@H]1CC(=O)N(C2CCCC2)C1. The molecule has 1 aliphatic carbocycles. The second kappa shape index (κ2) is 8.51. The number of nitrogens with one attached hydrogen (secondary N) is 2. The van der Waals surface area contributed by atoms with Gasteiger partial charge < -0.3 is 15.1 Å². The highest BCUT2D eigenvalue weighted by Crippen LogP contribution is 2.29. The van der Waals surface area contributed by atoms with Gasteiger partial charge >= 0.3 is 0 Å². The van der Waals surface area contributed by atoms with E-state index in [1.165, 1.54) is 12.8 Å². The van der Waals surface area contributed by atoms with Crippen molar-refractivity contribution in [2.24, 2.45) is 5.92 Å². The van der Waals surface area contributed by atoms with Crippen molar-refractivity contribution in [2.75, 3.05) is 32.7 Å². The van der Waals surface area contributed by atoms with Gasteiger partial charge in [-0.1, -0.05) is 12.8 Å². The first kappa shape index (κ1) is 17.3. The molecule has 0 aromatic carbocycles. The van der Waals surface area contributed by atoms with Crippen LogP contribution in [0.5, 0.6) is 0 Å². The van der Waals surface area contributed by atoms with Crippen molar-refractivity contribution in [3.63, 3.8) is 0 Å². The van der Waals surface area contributed by atoms with Crippen LogP contribution in [0, 0.1) is 5.92 Å². The first-order valence-electron chi connectivity index (χ1n) is 9.06. The molecule has 1 saturated heterocycles. The van der Waals surface area contributed by atoms with Crippen molar-refractivity contribution in [1.82, 2.24) is 10.2 Å². The Balaban J connectivity index is 1.68. The van der Waals surface area contributed by atoms with Crippen molar-refractivity contribution in [1.29, 1.82) is 0 Å². The Morgan fingerprint density at radius 1 is 1.27 bits per heavy atom. The molecule has 126 valence electrons. The molecular formula is C17H32N3O2+. The summed E-state index contributed by atoms with van der Waals surface area (Å²) in [6.07, 6.45) is 6.09. The third kappa shape index (κ3) is 4.45. The standard InChI is InChI=1S/C17H31N3O2/c1-3-19(4-2)11-7-10-18-17(22)14-12-16(21)20(13-14)15-8-5-6-9-15/h14-15H,3-13H2,1-2H3,(H,18,22)/p+1/t14-/m1/s1. The zero-order valence-corrected chi connectivity index (χ0v) is 14.2. The Kier molecular flexibility index (Phi) is 6.68. The second-order valence-corrected chi connectivity index (χ2v) is 6.74. The largest absolute Gasteiger partial charge is 0.356 e. The molecule has 22 heavy (non-hydrogen) atoms. The fraction of sp³-hybridized carbons (Fsp3) is 0.882. The van der Waals surface area contributed by atoms with E-state index in [2.05, 4.69) is 19.2 Å². The highest BCUT2D eigenvalue weighted by atomic mass is 16.2. The predicted molar refractivity (Wildman–Crippen MR) is 86.6 cm³/mol. The maximum Gasteiger partial charge on any atom is 0.225 e. The fourth-order valence-corrected chi connectivity index (χ4v) is 3.77. The average molecular weight is 310 g/mol. The molecule has 0 bridgehead atoms. The van der Waals surface area contributed by atoms with E-state index in [9.17, 15) is 9.59 Å². The van der Waals surface area contributed by atoms with Crippen molar-refractivity contribution < 1.29 is 14.5 Å². The van der Waals surface area contributed by atoms with Crippen LogP contribution in [0.4, 0.5) is 0 Å². The van der Waals surface area contributed by atoms with E-state index in [1.807, 2.05) is 4.90 Å². The molecule has 0 aromatic heterocycles. The van der Waals surface area contributed by atoms with Crippen molar-refractivity contribution in [3.05, 3.63) is 0 Å². The van der Waals surface area contributed by atoms with Crippen LogP contribution in [0.2, 0.25) is 0 Å². The predicted octanol–water partition coefficient (Wildman–Crippen LogP) is 0.209. The summed E-state index contributed by atoms with van der Waals surface area (Å²) in [7, 11) is 0. The van der Waals surface area contributed by atoms with Crippen LogP contribution in [0.15, 0.2) is 0 Å². The summed E-state index contributed by atoms with van der Waals surface area (Å²) in [5.41, 5.74) is 0. The Bertz CT molecular complexity index is 376. The highest BCUT2D eigenvalue weighted by Gasteiger charge is 2.38. The van der Waals surface area contributed by atoms with E-state index in [0.29, 0.717) is 19.0 Å². The number of amides is 2. The summed E-state index contributed by atoms with van der Waals surface area (Å²) >= 11 is 0. The van der Waals surface area contributed by atoms with Gasteiger partial charge in [0.2, 0.25) is 11.8 Å². The molecule has 1 saturated carbocycles. The molecule has 2 amide bonds. The molecule has 0 spiro atoms. The van der Waals surface area contributed by atoms with Crippen LogP contribution < -0.4 is 10.2 Å². The monoisotopic (exact) mass is 310 g/mol. The Labute approximate surface area is 134 Å². The van der Waals surface area contributed by atoms with Gasteiger partial charge in [0.25, 0.3) is 0 Å². The van der Waals surface area contributed by atoms with E-state index in [4.69, 9.17) is 0 Å². The molecule has 0 unspecified atom stereocenters. The zero-order valence-electron chi connectivity index (χ0n) is 14.2. The number of quaternary nitrogens is 1. The highest BCUT2D eigenvalue weighted by molar-refractivity contribution is 5.89. The van der Waals surface area contributed by atoms with Crippen LogP contribution in [0.1, 0.15) is 52.4 Å². The van der Waals surface area contributed by atoms with E-state index in [-0.39, 0.29) is 17.7 Å². The summed E-state index contributed by atoms with van der Waals surface area (Å²) in [6, 6.07) is 0.400. The topological polar surface area (TPSA) is 53.9 Å². The molecule has 1 aliphatic heterocycles. The number of hydrogen-bond donors (Lipinski definition) is 2. The van der Waals surface area contributed by atoms with Crippen molar-refractivity contribution in [3.8, 4) is 0 Å². The van der Waals surface area contributed by atoms with Gasteiger partial charge in [-0.15, -0.1) is 0 Å². The van der Waals surface area contributed by atoms with Crippen molar-refractivity contribution >= 4 is 11.8 Å². The van der Waals surface area contributed by atoms with Crippen molar-refractivity contribution in [2.45, 2.75) is 58.4 Å². The zero-order chi connectivity index (χ0) is 15.9. The summed E-state index contributed by atoms with van der Waals surface area (Å²) in [5.74, 6) is 0.122. The first-order valence-corrected chi connectivity index (χ1v) is 9.06. The maximum atomic E-state index is 12.2. The molecule has 2 N–H and O–H groups in total. The Morgan fingerprint density at radius 3 is 2.59 bits per heavy atom. The lowest BCUT2D eigenvalue weighted by Crippen LogP contribution is -3.11. The number of likely N-dealkylation sites (tertiary alicyclic amines) is 1. The van der Waals surface area contributed by atoms with E-state index in [0.717, 1.165) is 45.4 Å². The average Bonchev–Trinajstić information content (AvgIpc) is 3.16. The van der Waals surface area contributed by atoms with E-state index < -0.39 is 0 Å². The fourth-order valence-electron chi connectivity index (χ4n) is 3.77. The lowest BCUT2D eigenvalue weighted by Gasteiger charge is -2.23. The molecule has 5 nitrogen and oxygen atoms in total. The molecule has 2 rings (SSSR count). The van der Waals surface area contributed by atoms with E-state index >= 15 is 0 Å². The number of carbonyl (C=O) groups excluding carboxylic acids is 2. The minimum Gasteiger partial charge on any atom is -0.356 e. The lowest BCUT2D eigenvalue weighted by atomic mass is 10.1. The molecule has 1 atom stereocenters. The minimum atomic E-state index is -0.131. The van der Waals surface area contributed by atoms with Crippen LogP contribution in [0.25, 0.3) is 0 Å². The van der Waals surface area contributed by atoms with Gasteiger partial charge in [-0.3, -0.25) is 9.59 Å². The lowest BCUT2D eigenvalue weighted by molar-refractivity contribution is -0.896. The summed E-state index contributed by atoms with van der Waals surface area (Å²) < 4.78 is 0. The van der Waals surface area contributed by atoms with Gasteiger partial charge in [-0.2, -0.15) is 0 Å². The third-order valence-corrected chi connectivity index (χ3v) is 5.30. The van der Waals surface area contributed by atoms with Gasteiger partial charge in [0.15, 0.2) is 0 Å². The second-order valence-electron chi connectivity index (χ2n) is 6.74. The summed E-state index contributed by atoms with van der Waals surface area (Å²) in [5, 5.41) is 3.03. The number of nitrogens with zero attached hydrogens (tertiary/aromatic N) is 1. The molecule has 2 aliphatic rings. The molecule has 0 radical (unpaired) electrons.